The Labute approximate surface area is 137 Å². The van der Waals surface area contributed by atoms with Crippen LogP contribution in [0.4, 0.5) is 0 Å². The molecular weight excluding hydrogens is 292 g/mol. The second-order valence-electron chi connectivity index (χ2n) is 6.36. The molecule has 1 aromatic rings. The van der Waals surface area contributed by atoms with Gasteiger partial charge in [-0.1, -0.05) is 36.8 Å². The second kappa shape index (κ2) is 8.02. The maximum atomic E-state index is 12.7. The first-order valence-electron chi connectivity index (χ1n) is 8.49. The lowest BCUT2D eigenvalue weighted by atomic mass is 9.99. The van der Waals surface area contributed by atoms with E-state index >= 15 is 0 Å². The van der Waals surface area contributed by atoms with Gasteiger partial charge in [-0.25, -0.2) is 0 Å². The van der Waals surface area contributed by atoms with Gasteiger partial charge in [0, 0.05) is 12.6 Å². The first-order chi connectivity index (χ1) is 10.8. The number of likely N-dealkylation sites (tertiary alicyclic amines) is 1. The molecule has 1 aromatic carbocycles. The van der Waals surface area contributed by atoms with Crippen molar-refractivity contribution >= 4 is 17.7 Å². The van der Waals surface area contributed by atoms with E-state index in [1.165, 1.54) is 29.9 Å². The minimum atomic E-state index is 0.0588. The van der Waals surface area contributed by atoms with Crippen LogP contribution in [0.25, 0.3) is 0 Å². The third-order valence-corrected chi connectivity index (χ3v) is 5.76. The third-order valence-electron chi connectivity index (χ3n) is 4.71. The number of rotatable bonds is 4. The van der Waals surface area contributed by atoms with E-state index in [4.69, 9.17) is 0 Å². The van der Waals surface area contributed by atoms with E-state index in [0.29, 0.717) is 6.04 Å². The molecule has 3 rings (SSSR count). The van der Waals surface area contributed by atoms with Crippen molar-refractivity contribution < 1.29 is 4.79 Å². The van der Waals surface area contributed by atoms with Crippen LogP contribution in [0.2, 0.25) is 0 Å². The summed E-state index contributed by atoms with van der Waals surface area (Å²) in [5.41, 5.74) is 1.30. The Morgan fingerprint density at radius 1 is 1.14 bits per heavy atom. The number of nitrogens with one attached hydrogen (secondary N) is 1. The molecule has 2 saturated heterocycles. The van der Waals surface area contributed by atoms with Crippen LogP contribution in [0.1, 0.15) is 37.7 Å². The number of hydrogen-bond acceptors (Lipinski definition) is 3. The molecule has 1 atom stereocenters. The molecule has 4 heteroatoms. The molecule has 1 amide bonds. The predicted octanol–water partition coefficient (Wildman–Crippen LogP) is 3.05. The fourth-order valence-electron chi connectivity index (χ4n) is 3.43. The number of amides is 1. The number of thioether (sulfide) groups is 1. The summed E-state index contributed by atoms with van der Waals surface area (Å²) < 4.78 is 0. The highest BCUT2D eigenvalue weighted by Crippen LogP contribution is 2.22. The molecule has 22 heavy (non-hydrogen) atoms. The van der Waals surface area contributed by atoms with E-state index in [9.17, 15) is 4.79 Å². The van der Waals surface area contributed by atoms with Crippen molar-refractivity contribution in [1.82, 2.24) is 10.2 Å². The van der Waals surface area contributed by atoms with Crippen LogP contribution in [0, 0.1) is 0 Å². The number of carbonyl (C=O) groups is 1. The van der Waals surface area contributed by atoms with E-state index in [1.54, 1.807) is 0 Å². The minimum Gasteiger partial charge on any atom is -0.352 e. The topological polar surface area (TPSA) is 32.3 Å². The Hall–Kier alpha value is -1.00. The van der Waals surface area contributed by atoms with Crippen LogP contribution < -0.4 is 5.32 Å². The van der Waals surface area contributed by atoms with Crippen molar-refractivity contribution in [2.24, 2.45) is 0 Å². The molecule has 0 spiro atoms. The lowest BCUT2D eigenvalue weighted by Gasteiger charge is -2.36. The van der Waals surface area contributed by atoms with E-state index in [1.807, 2.05) is 17.8 Å². The normalized spacial score (nSPS) is 24.1. The molecule has 0 radical (unpaired) electrons. The van der Waals surface area contributed by atoms with Crippen LogP contribution in [-0.4, -0.2) is 40.9 Å². The molecule has 2 aliphatic rings. The average Bonchev–Trinajstić information content (AvgIpc) is 2.57. The van der Waals surface area contributed by atoms with Gasteiger partial charge in [-0.05, 0) is 49.3 Å². The summed E-state index contributed by atoms with van der Waals surface area (Å²) in [6, 6.07) is 11.0. The number of piperidine rings is 1. The molecule has 2 aliphatic heterocycles. The molecule has 1 N–H and O–H groups in total. The Morgan fingerprint density at radius 2 is 1.91 bits per heavy atom. The molecule has 2 heterocycles. The maximum Gasteiger partial charge on any atom is 0.237 e. The molecule has 120 valence electrons. The predicted molar refractivity (Wildman–Crippen MR) is 93.0 cm³/mol. The zero-order valence-electron chi connectivity index (χ0n) is 13.2. The summed E-state index contributed by atoms with van der Waals surface area (Å²) >= 11 is 2.00. The quantitative estimate of drug-likeness (QED) is 0.926. The first kappa shape index (κ1) is 15.9. The summed E-state index contributed by atoms with van der Waals surface area (Å²) in [5, 5.41) is 3.31. The van der Waals surface area contributed by atoms with Crippen molar-refractivity contribution in [3.63, 3.8) is 0 Å². The van der Waals surface area contributed by atoms with Crippen LogP contribution in [0.15, 0.2) is 30.3 Å². The highest BCUT2D eigenvalue weighted by molar-refractivity contribution is 7.99. The van der Waals surface area contributed by atoms with Crippen molar-refractivity contribution in [2.75, 3.05) is 18.1 Å². The summed E-state index contributed by atoms with van der Waals surface area (Å²) in [6.07, 6.45) is 5.63. The lowest BCUT2D eigenvalue weighted by molar-refractivity contribution is -0.128. The zero-order chi connectivity index (χ0) is 15.2. The lowest BCUT2D eigenvalue weighted by Crippen LogP contribution is -2.51. The van der Waals surface area contributed by atoms with Crippen LogP contribution in [0.5, 0.6) is 0 Å². The summed E-state index contributed by atoms with van der Waals surface area (Å²) in [5.74, 6) is 2.62. The molecule has 3 nitrogen and oxygen atoms in total. The molecule has 0 saturated carbocycles. The Kier molecular flexibility index (Phi) is 5.79. The van der Waals surface area contributed by atoms with Crippen LogP contribution >= 0.6 is 11.8 Å². The van der Waals surface area contributed by atoms with Gasteiger partial charge in [-0.3, -0.25) is 9.69 Å². The van der Waals surface area contributed by atoms with Gasteiger partial charge < -0.3 is 5.32 Å². The van der Waals surface area contributed by atoms with E-state index in [-0.39, 0.29) is 11.9 Å². The molecule has 2 fully saturated rings. The summed E-state index contributed by atoms with van der Waals surface area (Å²) in [4.78, 5) is 15.1. The van der Waals surface area contributed by atoms with Gasteiger partial charge in [0.2, 0.25) is 5.91 Å². The van der Waals surface area contributed by atoms with Gasteiger partial charge in [-0.2, -0.15) is 11.8 Å². The SMILES string of the molecule is O=C(NC1CCSCC1)[C@H]1CCCCN1Cc1ccccc1. The Bertz CT molecular complexity index is 473. The maximum absolute atomic E-state index is 12.7. The fourth-order valence-corrected chi connectivity index (χ4v) is 4.54. The summed E-state index contributed by atoms with van der Waals surface area (Å²) in [6.45, 7) is 1.92. The van der Waals surface area contributed by atoms with E-state index in [2.05, 4.69) is 34.5 Å². The minimum absolute atomic E-state index is 0.0588. The smallest absolute Gasteiger partial charge is 0.237 e. The molecule has 0 unspecified atom stereocenters. The van der Waals surface area contributed by atoms with Crippen molar-refractivity contribution in [3.05, 3.63) is 35.9 Å². The molecule has 0 aromatic heterocycles. The van der Waals surface area contributed by atoms with Crippen LogP contribution in [0.3, 0.4) is 0 Å². The second-order valence-corrected chi connectivity index (χ2v) is 7.59. The Morgan fingerprint density at radius 3 is 2.68 bits per heavy atom. The van der Waals surface area contributed by atoms with Crippen molar-refractivity contribution in [2.45, 2.75) is 50.7 Å². The average molecular weight is 318 g/mol. The van der Waals surface area contributed by atoms with Gasteiger partial charge in [0.1, 0.15) is 0 Å². The van der Waals surface area contributed by atoms with Gasteiger partial charge in [0.05, 0.1) is 6.04 Å². The van der Waals surface area contributed by atoms with Gasteiger partial charge in [-0.15, -0.1) is 0 Å². The van der Waals surface area contributed by atoms with Gasteiger partial charge in [0.15, 0.2) is 0 Å². The highest BCUT2D eigenvalue weighted by atomic mass is 32.2. The van der Waals surface area contributed by atoms with Crippen molar-refractivity contribution in [3.8, 4) is 0 Å². The number of hydrogen-bond donors (Lipinski definition) is 1. The van der Waals surface area contributed by atoms with E-state index < -0.39 is 0 Å². The van der Waals surface area contributed by atoms with Gasteiger partial charge >= 0.3 is 0 Å². The first-order valence-corrected chi connectivity index (χ1v) is 9.64. The third kappa shape index (κ3) is 4.26. The fraction of sp³-hybridized carbons (Fsp3) is 0.611. The molecular formula is C18H26N2OS. The Balaban J connectivity index is 1.60. The largest absolute Gasteiger partial charge is 0.352 e. The molecule has 0 bridgehead atoms. The summed E-state index contributed by atoms with van der Waals surface area (Å²) in [7, 11) is 0. The number of nitrogens with zero attached hydrogens (tertiary/aromatic N) is 1. The standard InChI is InChI=1S/C18H26N2OS/c21-18(19-16-9-12-22-13-10-16)17-8-4-5-11-20(17)14-15-6-2-1-3-7-15/h1-3,6-7,16-17H,4-5,8-14H2,(H,19,21)/t17-/m1/s1. The highest BCUT2D eigenvalue weighted by Gasteiger charge is 2.30. The zero-order valence-corrected chi connectivity index (χ0v) is 14.0. The van der Waals surface area contributed by atoms with Crippen LogP contribution in [-0.2, 0) is 11.3 Å². The number of carbonyl (C=O) groups excluding carboxylic acids is 1. The number of benzene rings is 1. The van der Waals surface area contributed by atoms with Crippen molar-refractivity contribution in [1.29, 1.82) is 0 Å². The van der Waals surface area contributed by atoms with Gasteiger partial charge in [0.25, 0.3) is 0 Å². The monoisotopic (exact) mass is 318 g/mol. The molecule has 0 aliphatic carbocycles. The van der Waals surface area contributed by atoms with E-state index in [0.717, 1.165) is 32.4 Å².